The molecule has 0 aliphatic heterocycles. The lowest BCUT2D eigenvalue weighted by atomic mass is 10.2. The molecule has 1 aromatic carbocycles. The number of hydrogen-bond acceptors (Lipinski definition) is 6. The SMILES string of the molecule is COc1cc(N)cc(C(=O)OCC(=O)NC(N)=O)c1. The number of hydrogen-bond donors (Lipinski definition) is 3. The van der Waals surface area contributed by atoms with Gasteiger partial charge in [-0.15, -0.1) is 0 Å². The summed E-state index contributed by atoms with van der Waals surface area (Å²) in [7, 11) is 1.42. The maximum absolute atomic E-state index is 11.6. The Labute approximate surface area is 108 Å². The summed E-state index contributed by atoms with van der Waals surface area (Å²) in [6, 6.07) is 3.28. The van der Waals surface area contributed by atoms with Crippen molar-refractivity contribution in [3.63, 3.8) is 0 Å². The Kier molecular flexibility index (Phi) is 4.69. The maximum atomic E-state index is 11.6. The molecule has 0 spiro atoms. The fraction of sp³-hybridized carbons (Fsp3) is 0.182. The fourth-order valence-corrected chi connectivity index (χ4v) is 1.25. The van der Waals surface area contributed by atoms with Crippen LogP contribution in [0.15, 0.2) is 18.2 Å². The number of amides is 3. The molecule has 0 saturated carbocycles. The van der Waals surface area contributed by atoms with Gasteiger partial charge in [-0.2, -0.15) is 0 Å². The largest absolute Gasteiger partial charge is 0.497 e. The number of methoxy groups -OCH3 is 1. The second-order valence-corrected chi connectivity index (χ2v) is 3.48. The van der Waals surface area contributed by atoms with Crippen molar-refractivity contribution in [1.82, 2.24) is 5.32 Å². The van der Waals surface area contributed by atoms with Gasteiger partial charge >= 0.3 is 12.0 Å². The molecule has 1 rings (SSSR count). The number of imide groups is 1. The van der Waals surface area contributed by atoms with E-state index in [1.165, 1.54) is 25.3 Å². The fourth-order valence-electron chi connectivity index (χ4n) is 1.25. The van der Waals surface area contributed by atoms with Crippen LogP contribution in [0.5, 0.6) is 5.75 Å². The molecule has 0 unspecified atom stereocenters. The van der Waals surface area contributed by atoms with E-state index in [-0.39, 0.29) is 5.56 Å². The minimum Gasteiger partial charge on any atom is -0.497 e. The van der Waals surface area contributed by atoms with E-state index < -0.39 is 24.5 Å². The van der Waals surface area contributed by atoms with Gasteiger partial charge in [0.25, 0.3) is 5.91 Å². The van der Waals surface area contributed by atoms with Crippen LogP contribution in [0.4, 0.5) is 10.5 Å². The zero-order chi connectivity index (χ0) is 14.4. The van der Waals surface area contributed by atoms with Crippen molar-refractivity contribution >= 4 is 23.6 Å². The molecule has 0 saturated heterocycles. The van der Waals surface area contributed by atoms with Gasteiger partial charge in [-0.3, -0.25) is 10.1 Å². The molecule has 8 nitrogen and oxygen atoms in total. The molecule has 0 aromatic heterocycles. The third kappa shape index (κ3) is 4.54. The quantitative estimate of drug-likeness (QED) is 0.503. The van der Waals surface area contributed by atoms with Gasteiger partial charge in [-0.25, -0.2) is 9.59 Å². The second-order valence-electron chi connectivity index (χ2n) is 3.48. The number of nitrogens with two attached hydrogens (primary N) is 2. The lowest BCUT2D eigenvalue weighted by molar-refractivity contribution is -0.123. The third-order valence-electron chi connectivity index (χ3n) is 2.00. The topological polar surface area (TPSA) is 134 Å². The van der Waals surface area contributed by atoms with E-state index in [1.807, 2.05) is 0 Å². The highest BCUT2D eigenvalue weighted by Crippen LogP contribution is 2.18. The zero-order valence-electron chi connectivity index (χ0n) is 10.1. The number of rotatable bonds is 4. The van der Waals surface area contributed by atoms with Crippen molar-refractivity contribution in [3.8, 4) is 5.75 Å². The Bertz CT molecular complexity index is 515. The van der Waals surface area contributed by atoms with Crippen LogP contribution in [-0.2, 0) is 9.53 Å². The number of benzene rings is 1. The zero-order valence-corrected chi connectivity index (χ0v) is 10.1. The van der Waals surface area contributed by atoms with Crippen molar-refractivity contribution in [1.29, 1.82) is 0 Å². The summed E-state index contributed by atoms with van der Waals surface area (Å²) in [4.78, 5) is 33.0. The van der Waals surface area contributed by atoms with Crippen molar-refractivity contribution in [2.75, 3.05) is 19.5 Å². The number of ether oxygens (including phenoxy) is 2. The first kappa shape index (κ1) is 14.3. The number of anilines is 1. The molecule has 0 aliphatic carbocycles. The molecule has 0 bridgehead atoms. The lowest BCUT2D eigenvalue weighted by Gasteiger charge is -2.07. The van der Waals surface area contributed by atoms with Gasteiger partial charge in [0, 0.05) is 11.8 Å². The first-order valence-corrected chi connectivity index (χ1v) is 5.13. The summed E-state index contributed by atoms with van der Waals surface area (Å²) in [6.45, 7) is -0.626. The molecule has 1 aromatic rings. The molecule has 19 heavy (non-hydrogen) atoms. The average Bonchev–Trinajstić information content (AvgIpc) is 2.34. The minimum absolute atomic E-state index is 0.128. The highest BCUT2D eigenvalue weighted by molar-refractivity contribution is 5.96. The van der Waals surface area contributed by atoms with Crippen LogP contribution < -0.4 is 21.5 Å². The predicted molar refractivity (Wildman–Crippen MR) is 65.4 cm³/mol. The number of carbonyl (C=O) groups is 3. The first-order valence-electron chi connectivity index (χ1n) is 5.13. The summed E-state index contributed by atoms with van der Waals surface area (Å²) < 4.78 is 9.61. The highest BCUT2D eigenvalue weighted by atomic mass is 16.5. The molecule has 0 heterocycles. The Morgan fingerprint density at radius 2 is 1.95 bits per heavy atom. The Morgan fingerprint density at radius 3 is 2.53 bits per heavy atom. The van der Waals surface area contributed by atoms with Crippen molar-refractivity contribution in [2.45, 2.75) is 0 Å². The van der Waals surface area contributed by atoms with E-state index in [0.29, 0.717) is 11.4 Å². The van der Waals surface area contributed by atoms with Gasteiger partial charge in [0.05, 0.1) is 12.7 Å². The molecule has 8 heteroatoms. The van der Waals surface area contributed by atoms with E-state index in [4.69, 9.17) is 16.2 Å². The molecule has 0 fully saturated rings. The summed E-state index contributed by atoms with van der Waals surface area (Å²) in [5.74, 6) is -1.21. The van der Waals surface area contributed by atoms with E-state index >= 15 is 0 Å². The van der Waals surface area contributed by atoms with Gasteiger partial charge in [0.15, 0.2) is 6.61 Å². The van der Waals surface area contributed by atoms with Crippen LogP contribution in [0.2, 0.25) is 0 Å². The summed E-state index contributed by atoms with van der Waals surface area (Å²) in [5, 5.41) is 1.76. The van der Waals surface area contributed by atoms with E-state index in [2.05, 4.69) is 4.74 Å². The van der Waals surface area contributed by atoms with E-state index in [1.54, 1.807) is 5.32 Å². The van der Waals surface area contributed by atoms with Crippen LogP contribution in [-0.4, -0.2) is 31.6 Å². The van der Waals surface area contributed by atoms with Crippen LogP contribution in [0, 0.1) is 0 Å². The standard InChI is InChI=1S/C11H13N3O5/c1-18-8-3-6(2-7(12)4-8)10(16)19-5-9(15)14-11(13)17/h2-4H,5,12H2,1H3,(H3,13,14,15,17). The molecule has 0 atom stereocenters. The Hall–Kier alpha value is -2.77. The first-order chi connectivity index (χ1) is 8.92. The average molecular weight is 267 g/mol. The molecule has 3 amide bonds. The van der Waals surface area contributed by atoms with Crippen LogP contribution in [0.3, 0.4) is 0 Å². The van der Waals surface area contributed by atoms with Gasteiger partial charge in [0.2, 0.25) is 0 Å². The number of carbonyl (C=O) groups excluding carboxylic acids is 3. The van der Waals surface area contributed by atoms with Gasteiger partial charge in [-0.1, -0.05) is 0 Å². The monoisotopic (exact) mass is 267 g/mol. The molecule has 5 N–H and O–H groups in total. The van der Waals surface area contributed by atoms with Gasteiger partial charge in [0.1, 0.15) is 5.75 Å². The Balaban J connectivity index is 2.65. The van der Waals surface area contributed by atoms with Gasteiger partial charge in [-0.05, 0) is 12.1 Å². The second kappa shape index (κ2) is 6.24. The normalized spacial score (nSPS) is 9.53. The van der Waals surface area contributed by atoms with Crippen molar-refractivity contribution in [3.05, 3.63) is 23.8 Å². The summed E-state index contributed by atoms with van der Waals surface area (Å²) >= 11 is 0. The Morgan fingerprint density at radius 1 is 1.26 bits per heavy atom. The smallest absolute Gasteiger partial charge is 0.338 e. The maximum Gasteiger partial charge on any atom is 0.338 e. The molecule has 102 valence electrons. The molecular formula is C11H13N3O5. The molecule has 0 radical (unpaired) electrons. The van der Waals surface area contributed by atoms with Gasteiger partial charge < -0.3 is 20.9 Å². The number of nitrogen functional groups attached to an aromatic ring is 1. The van der Waals surface area contributed by atoms with E-state index in [9.17, 15) is 14.4 Å². The van der Waals surface area contributed by atoms with Crippen LogP contribution in [0.1, 0.15) is 10.4 Å². The number of esters is 1. The minimum atomic E-state index is -1.02. The van der Waals surface area contributed by atoms with Crippen molar-refractivity contribution in [2.24, 2.45) is 5.73 Å². The molecule has 0 aliphatic rings. The van der Waals surface area contributed by atoms with Crippen LogP contribution >= 0.6 is 0 Å². The summed E-state index contributed by atoms with van der Waals surface area (Å²) in [6.07, 6.45) is 0. The van der Waals surface area contributed by atoms with Crippen LogP contribution in [0.25, 0.3) is 0 Å². The number of urea groups is 1. The third-order valence-corrected chi connectivity index (χ3v) is 2.00. The lowest BCUT2D eigenvalue weighted by Crippen LogP contribution is -2.37. The predicted octanol–water partition coefficient (Wildman–Crippen LogP) is -0.371. The van der Waals surface area contributed by atoms with Crippen molar-refractivity contribution < 1.29 is 23.9 Å². The molecular weight excluding hydrogens is 254 g/mol. The highest BCUT2D eigenvalue weighted by Gasteiger charge is 2.12. The van der Waals surface area contributed by atoms with E-state index in [0.717, 1.165) is 0 Å². The summed E-state index contributed by atoms with van der Waals surface area (Å²) in [5.41, 5.74) is 10.7. The number of nitrogens with one attached hydrogen (secondary N) is 1. The number of primary amides is 1.